The molecule has 132 valence electrons. The molecule has 2 aliphatic heterocycles. The van der Waals surface area contributed by atoms with Crippen molar-refractivity contribution in [2.45, 2.75) is 32.2 Å². The molecule has 0 unspecified atom stereocenters. The third-order valence-corrected chi connectivity index (χ3v) is 4.56. The number of hydrogen-bond donors (Lipinski definition) is 0. The summed E-state index contributed by atoms with van der Waals surface area (Å²) in [5.74, 6) is 1.97. The fourth-order valence-corrected chi connectivity index (χ4v) is 3.15. The first kappa shape index (κ1) is 16.1. The molecule has 1 saturated heterocycles. The van der Waals surface area contributed by atoms with Crippen molar-refractivity contribution in [3.8, 4) is 5.75 Å². The summed E-state index contributed by atoms with van der Waals surface area (Å²) in [4.78, 5) is 14.8. The highest BCUT2D eigenvalue weighted by molar-refractivity contribution is 5.95. The van der Waals surface area contributed by atoms with Crippen LogP contribution >= 0.6 is 0 Å². The summed E-state index contributed by atoms with van der Waals surface area (Å²) in [6.45, 7) is 6.01. The van der Waals surface area contributed by atoms with Gasteiger partial charge in [-0.2, -0.15) is 0 Å². The van der Waals surface area contributed by atoms with Crippen LogP contribution in [0, 0.1) is 0 Å². The molecule has 2 aliphatic rings. The van der Waals surface area contributed by atoms with E-state index < -0.39 is 0 Å². The Morgan fingerprint density at radius 1 is 1.28 bits per heavy atom. The summed E-state index contributed by atoms with van der Waals surface area (Å²) in [5, 5.41) is 8.21. The van der Waals surface area contributed by atoms with Crippen molar-refractivity contribution in [3.05, 3.63) is 41.1 Å². The van der Waals surface area contributed by atoms with Crippen molar-refractivity contribution >= 4 is 5.91 Å². The lowest BCUT2D eigenvalue weighted by molar-refractivity contribution is -0.0107. The van der Waals surface area contributed by atoms with E-state index in [0.717, 1.165) is 17.7 Å². The van der Waals surface area contributed by atoms with Crippen LogP contribution in [0.2, 0.25) is 0 Å². The van der Waals surface area contributed by atoms with Crippen LogP contribution in [0.4, 0.5) is 0 Å². The molecule has 0 aliphatic carbocycles. The second-order valence-corrected chi connectivity index (χ2v) is 6.64. The van der Waals surface area contributed by atoms with Gasteiger partial charge in [-0.1, -0.05) is 13.8 Å². The maximum Gasteiger partial charge on any atom is 0.254 e. The second kappa shape index (κ2) is 6.48. The number of amides is 1. The monoisotopic (exact) mass is 343 g/mol. The fraction of sp³-hybridized carbons (Fsp3) is 0.500. The molecule has 0 saturated carbocycles. The molecule has 0 N–H and O–H groups in total. The lowest BCUT2D eigenvalue weighted by atomic mass is 10.1. The van der Waals surface area contributed by atoms with Crippen molar-refractivity contribution in [3.63, 3.8) is 0 Å². The molecule has 1 aromatic heterocycles. The van der Waals surface area contributed by atoms with Gasteiger partial charge in [0.15, 0.2) is 0 Å². The first-order valence-electron chi connectivity index (χ1n) is 8.61. The minimum atomic E-state index is -0.356. The van der Waals surface area contributed by atoms with Gasteiger partial charge in [0.2, 0.25) is 11.8 Å². The number of nitrogens with zero attached hydrogens (tertiary/aromatic N) is 3. The first-order chi connectivity index (χ1) is 12.1. The number of fused-ring (bicyclic) bond motifs is 1. The highest BCUT2D eigenvalue weighted by atomic mass is 16.5. The number of aromatic nitrogens is 2. The van der Waals surface area contributed by atoms with E-state index in [1.54, 1.807) is 4.90 Å². The Hall–Kier alpha value is -2.41. The molecule has 4 rings (SSSR count). The van der Waals surface area contributed by atoms with Crippen LogP contribution in [0.15, 0.2) is 22.6 Å². The minimum absolute atomic E-state index is 0.0488. The zero-order valence-corrected chi connectivity index (χ0v) is 14.4. The predicted octanol–water partition coefficient (Wildman–Crippen LogP) is 2.34. The summed E-state index contributed by atoms with van der Waals surface area (Å²) in [5.41, 5.74) is 1.73. The van der Waals surface area contributed by atoms with Gasteiger partial charge in [0.25, 0.3) is 5.91 Å². The van der Waals surface area contributed by atoms with Gasteiger partial charge >= 0.3 is 0 Å². The maximum atomic E-state index is 13.1. The topological polar surface area (TPSA) is 77.7 Å². The van der Waals surface area contributed by atoms with Gasteiger partial charge in [0.05, 0.1) is 19.8 Å². The van der Waals surface area contributed by atoms with Crippen molar-refractivity contribution in [2.24, 2.45) is 0 Å². The Balaban J connectivity index is 1.60. The molecule has 1 aromatic carbocycles. The van der Waals surface area contributed by atoms with Crippen molar-refractivity contribution in [1.82, 2.24) is 15.1 Å². The average Bonchev–Trinajstić information content (AvgIpc) is 3.29. The molecule has 3 heterocycles. The number of carbonyl (C=O) groups is 1. The minimum Gasteiger partial charge on any atom is -0.493 e. The molecule has 0 spiro atoms. The van der Waals surface area contributed by atoms with E-state index in [1.165, 1.54) is 0 Å². The van der Waals surface area contributed by atoms with Crippen LogP contribution in [0.3, 0.4) is 0 Å². The molecule has 1 atom stereocenters. The van der Waals surface area contributed by atoms with Crippen molar-refractivity contribution in [1.29, 1.82) is 0 Å². The van der Waals surface area contributed by atoms with Crippen LogP contribution < -0.4 is 4.74 Å². The largest absolute Gasteiger partial charge is 0.493 e. The van der Waals surface area contributed by atoms with Crippen LogP contribution in [0.1, 0.15) is 53.5 Å². The lowest BCUT2D eigenvalue weighted by Crippen LogP contribution is -2.43. The maximum absolute atomic E-state index is 13.1. The number of rotatable bonds is 3. The predicted molar refractivity (Wildman–Crippen MR) is 88.6 cm³/mol. The van der Waals surface area contributed by atoms with Crippen LogP contribution in [0.25, 0.3) is 0 Å². The van der Waals surface area contributed by atoms with Crippen LogP contribution in [-0.4, -0.2) is 47.4 Å². The Morgan fingerprint density at radius 2 is 2.16 bits per heavy atom. The Kier molecular flexibility index (Phi) is 4.17. The van der Waals surface area contributed by atoms with E-state index >= 15 is 0 Å². The molecule has 1 amide bonds. The van der Waals surface area contributed by atoms with E-state index in [2.05, 4.69) is 10.2 Å². The summed E-state index contributed by atoms with van der Waals surface area (Å²) < 4.78 is 16.8. The zero-order chi connectivity index (χ0) is 17.4. The third kappa shape index (κ3) is 3.00. The number of benzene rings is 1. The smallest absolute Gasteiger partial charge is 0.254 e. The molecule has 7 nitrogen and oxygen atoms in total. The molecular weight excluding hydrogens is 322 g/mol. The zero-order valence-electron chi connectivity index (χ0n) is 14.4. The number of ether oxygens (including phenoxy) is 2. The normalized spacial score (nSPS) is 19.8. The SMILES string of the molecule is CC(C)c1nnc([C@H]2COCCN2C(=O)c2ccc3c(c2)CCO3)o1. The Bertz CT molecular complexity index is 786. The summed E-state index contributed by atoms with van der Waals surface area (Å²) in [6.07, 6.45) is 0.838. The van der Waals surface area contributed by atoms with Gasteiger partial charge in [-0.15, -0.1) is 10.2 Å². The molecular formula is C18H21N3O4. The van der Waals surface area contributed by atoms with Crippen molar-refractivity contribution < 1.29 is 18.7 Å². The van der Waals surface area contributed by atoms with E-state index in [0.29, 0.717) is 43.7 Å². The number of hydrogen-bond acceptors (Lipinski definition) is 6. The summed E-state index contributed by atoms with van der Waals surface area (Å²) >= 11 is 0. The first-order valence-corrected chi connectivity index (χ1v) is 8.61. The standard InChI is InChI=1S/C18H21N3O4/c1-11(2)16-19-20-17(25-16)14-10-23-8-6-21(14)18(22)13-3-4-15-12(9-13)5-7-24-15/h3-4,9,11,14H,5-8,10H2,1-2H3/t14-/m1/s1. The van der Waals surface area contributed by atoms with Gasteiger partial charge in [0, 0.05) is 24.4 Å². The highest BCUT2D eigenvalue weighted by Crippen LogP contribution is 2.30. The molecule has 0 bridgehead atoms. The van der Waals surface area contributed by atoms with Gasteiger partial charge < -0.3 is 18.8 Å². The Morgan fingerprint density at radius 3 is 2.96 bits per heavy atom. The molecule has 0 radical (unpaired) electrons. The molecule has 7 heteroatoms. The van der Waals surface area contributed by atoms with E-state index in [4.69, 9.17) is 13.9 Å². The number of carbonyl (C=O) groups excluding carboxylic acids is 1. The third-order valence-electron chi connectivity index (χ3n) is 4.56. The summed E-state index contributed by atoms with van der Waals surface area (Å²) in [7, 11) is 0. The molecule has 25 heavy (non-hydrogen) atoms. The lowest BCUT2D eigenvalue weighted by Gasteiger charge is -2.33. The van der Waals surface area contributed by atoms with Gasteiger partial charge in [-0.25, -0.2) is 0 Å². The second-order valence-electron chi connectivity index (χ2n) is 6.64. The van der Waals surface area contributed by atoms with Crippen molar-refractivity contribution in [2.75, 3.05) is 26.4 Å². The van der Waals surface area contributed by atoms with Gasteiger partial charge in [-0.05, 0) is 23.8 Å². The average molecular weight is 343 g/mol. The highest BCUT2D eigenvalue weighted by Gasteiger charge is 2.34. The summed E-state index contributed by atoms with van der Waals surface area (Å²) in [6, 6.07) is 5.25. The van der Waals surface area contributed by atoms with Crippen LogP contribution in [0.5, 0.6) is 5.75 Å². The van der Waals surface area contributed by atoms with Crippen LogP contribution in [-0.2, 0) is 11.2 Å². The van der Waals surface area contributed by atoms with Gasteiger partial charge in [0.1, 0.15) is 11.8 Å². The number of morpholine rings is 1. The quantitative estimate of drug-likeness (QED) is 0.851. The molecule has 2 aromatic rings. The molecule has 1 fully saturated rings. The Labute approximate surface area is 145 Å². The van der Waals surface area contributed by atoms with E-state index in [-0.39, 0.29) is 17.9 Å². The fourth-order valence-electron chi connectivity index (χ4n) is 3.15. The van der Waals surface area contributed by atoms with E-state index in [9.17, 15) is 4.79 Å². The van der Waals surface area contributed by atoms with E-state index in [1.807, 2.05) is 32.0 Å². The van der Waals surface area contributed by atoms with Gasteiger partial charge in [-0.3, -0.25) is 4.79 Å².